The van der Waals surface area contributed by atoms with Gasteiger partial charge in [-0.05, 0) is 78.0 Å². The highest BCUT2D eigenvalue weighted by Crippen LogP contribution is 2.46. The standard InChI is InChI=1S/C56H80O26/c1-21(57)45(62)50(67)53(70-11)32-14-30-12-29-13-31(78-39-19-37(52(25(5)74-39)76-27(7)58)81-38-16-34(61)51(69-10)24(4)73-38)15-33(60)43(29)48(65)44(30)49(66)54(32)82-41-18-35(46(63)23(3)72-41)79-40-17-36(47(64)22(2)71-40)80-42-20-56(9,68)55(26(6)75-42)77-28(8)59/h12-13,15,21-26,32,34-42,45-47,51-55,57,60-65,68H,14,16-20H2,1-11H3/t21-,22+,23+,24+,25+,26+,32+,34+,35+,36+,37-,38-,39-,40-,41-,42-,45+,46-,47-,51-,52-,53+,54-,55+,56-/m0/s1. The molecule has 2 aromatic carbocycles. The molecule has 2 aromatic rings. The van der Waals surface area contributed by atoms with Crippen LogP contribution in [0.4, 0.5) is 0 Å². The maximum Gasteiger partial charge on any atom is 0.303 e. The van der Waals surface area contributed by atoms with Crippen molar-refractivity contribution in [3.05, 3.63) is 29.3 Å². The quantitative estimate of drug-likeness (QED) is 0.0973. The van der Waals surface area contributed by atoms with Crippen molar-refractivity contribution in [3.8, 4) is 17.2 Å². The number of esters is 2. The van der Waals surface area contributed by atoms with E-state index >= 15 is 4.79 Å². The third-order valence-electron chi connectivity index (χ3n) is 16.2. The number of hydrogen-bond donors (Lipinski definition) is 8. The van der Waals surface area contributed by atoms with Crippen molar-refractivity contribution in [2.24, 2.45) is 5.92 Å². The van der Waals surface area contributed by atoms with Crippen molar-refractivity contribution in [1.82, 2.24) is 0 Å². The summed E-state index contributed by atoms with van der Waals surface area (Å²) in [7, 11) is 2.64. The van der Waals surface area contributed by atoms with Gasteiger partial charge in [-0.1, -0.05) is 0 Å². The molecular formula is C56H80O26. The Morgan fingerprint density at radius 3 is 1.79 bits per heavy atom. The zero-order chi connectivity index (χ0) is 60.0. The maximum atomic E-state index is 15.1. The topological polar surface area (TPSA) is 359 Å². The van der Waals surface area contributed by atoms with E-state index < -0.39 is 188 Å². The van der Waals surface area contributed by atoms with Crippen molar-refractivity contribution in [1.29, 1.82) is 0 Å². The predicted octanol–water partition coefficient (Wildman–Crippen LogP) is 1.24. The normalized spacial score (nSPS) is 40.1. The van der Waals surface area contributed by atoms with Gasteiger partial charge in [0.1, 0.15) is 65.6 Å². The summed E-state index contributed by atoms with van der Waals surface area (Å²) in [5.74, 6) is -5.43. The Labute approximate surface area is 473 Å². The molecular weight excluding hydrogens is 1090 g/mol. The fraction of sp³-hybridized carbons (Fsp3) is 0.750. The number of hydrogen-bond acceptors (Lipinski definition) is 26. The van der Waals surface area contributed by atoms with Gasteiger partial charge in [0, 0.05) is 72.2 Å². The molecule has 0 radical (unpaired) electrons. The molecule has 8 rings (SSSR count). The first-order valence-electron chi connectivity index (χ1n) is 27.8. The molecule has 25 atom stereocenters. The molecule has 8 N–H and O–H groups in total. The molecule has 5 fully saturated rings. The minimum Gasteiger partial charge on any atom is -0.507 e. The van der Waals surface area contributed by atoms with Crippen LogP contribution in [0.5, 0.6) is 17.2 Å². The lowest BCUT2D eigenvalue weighted by atomic mass is 9.75. The van der Waals surface area contributed by atoms with E-state index in [1.165, 1.54) is 67.0 Å². The fourth-order valence-corrected chi connectivity index (χ4v) is 12.3. The number of Topliss-reactive ketones (excluding diaryl/α,β-unsaturated/α-hetero) is 2. The van der Waals surface area contributed by atoms with Gasteiger partial charge >= 0.3 is 11.9 Å². The zero-order valence-electron chi connectivity index (χ0n) is 47.8. The summed E-state index contributed by atoms with van der Waals surface area (Å²) in [6.07, 6.45) is -25.8. The summed E-state index contributed by atoms with van der Waals surface area (Å²) < 4.78 is 83.9. The van der Waals surface area contributed by atoms with Gasteiger partial charge in [0.2, 0.25) is 6.29 Å². The van der Waals surface area contributed by atoms with E-state index in [1.54, 1.807) is 27.7 Å². The molecule has 0 saturated carbocycles. The van der Waals surface area contributed by atoms with E-state index in [-0.39, 0.29) is 66.2 Å². The number of phenolic OH excluding ortho intramolecular Hbond substituents is 2. The number of carbonyl (C=O) groups excluding carboxylic acids is 4. The monoisotopic (exact) mass is 1170 g/mol. The summed E-state index contributed by atoms with van der Waals surface area (Å²) in [5.41, 5.74) is -1.65. The Morgan fingerprint density at radius 1 is 0.683 bits per heavy atom. The van der Waals surface area contributed by atoms with Gasteiger partial charge in [-0.25, -0.2) is 0 Å². The number of benzene rings is 2. The number of rotatable bonds is 18. The van der Waals surface area contributed by atoms with Crippen LogP contribution in [0.15, 0.2) is 18.2 Å². The number of aliphatic hydroxyl groups excluding tert-OH is 5. The molecule has 26 nitrogen and oxygen atoms in total. The Kier molecular flexibility index (Phi) is 20.3. The molecule has 460 valence electrons. The number of ether oxygens (including phenoxy) is 14. The van der Waals surface area contributed by atoms with Crippen molar-refractivity contribution >= 4 is 34.3 Å². The summed E-state index contributed by atoms with van der Waals surface area (Å²) in [6.45, 7) is 13.3. The molecule has 5 aliphatic heterocycles. The molecule has 0 bridgehead atoms. The van der Waals surface area contributed by atoms with Gasteiger partial charge in [0.05, 0.1) is 65.9 Å². The Morgan fingerprint density at radius 2 is 1.22 bits per heavy atom. The Bertz CT molecular complexity index is 2570. The highest BCUT2D eigenvalue weighted by Gasteiger charge is 2.52. The van der Waals surface area contributed by atoms with Crippen LogP contribution in [0.2, 0.25) is 0 Å². The van der Waals surface area contributed by atoms with Crippen LogP contribution in [-0.4, -0.2) is 225 Å². The van der Waals surface area contributed by atoms with Gasteiger partial charge in [-0.2, -0.15) is 0 Å². The second-order valence-corrected chi connectivity index (χ2v) is 22.7. The van der Waals surface area contributed by atoms with Crippen LogP contribution in [0.3, 0.4) is 0 Å². The lowest BCUT2D eigenvalue weighted by molar-refractivity contribution is -0.334. The van der Waals surface area contributed by atoms with Crippen molar-refractivity contribution in [2.75, 3.05) is 14.2 Å². The number of carbonyl (C=O) groups is 4. The number of fused-ring (bicyclic) bond motifs is 2. The molecule has 26 heteroatoms. The molecule has 1 aliphatic carbocycles. The van der Waals surface area contributed by atoms with Crippen LogP contribution in [0.1, 0.15) is 110 Å². The smallest absolute Gasteiger partial charge is 0.303 e. The largest absolute Gasteiger partial charge is 0.507 e. The van der Waals surface area contributed by atoms with Gasteiger partial charge in [-0.15, -0.1) is 0 Å². The molecule has 5 saturated heterocycles. The van der Waals surface area contributed by atoms with E-state index in [2.05, 4.69) is 0 Å². The summed E-state index contributed by atoms with van der Waals surface area (Å²) in [6, 6.07) is 4.19. The third-order valence-corrected chi connectivity index (χ3v) is 16.2. The first-order chi connectivity index (χ1) is 38.6. The Hall–Kier alpha value is -4.30. The highest BCUT2D eigenvalue weighted by atomic mass is 16.7. The first kappa shape index (κ1) is 63.7. The average molecular weight is 1170 g/mol. The van der Waals surface area contributed by atoms with E-state index in [1.807, 2.05) is 0 Å². The lowest BCUT2D eigenvalue weighted by Gasteiger charge is -2.46. The maximum absolute atomic E-state index is 15.1. The molecule has 0 aromatic heterocycles. The van der Waals surface area contributed by atoms with E-state index in [4.69, 9.17) is 66.3 Å². The second-order valence-electron chi connectivity index (χ2n) is 22.7. The third kappa shape index (κ3) is 13.8. The molecule has 0 spiro atoms. The molecule has 82 heavy (non-hydrogen) atoms. The van der Waals surface area contributed by atoms with E-state index in [0.717, 1.165) is 0 Å². The number of methoxy groups -OCH3 is 2. The predicted molar refractivity (Wildman–Crippen MR) is 278 cm³/mol. The SMILES string of the molecule is CO[C@@H]1[C@H](O)C[C@H](O[C@H]2C[C@H](Oc3cc(O)c4c(O)c5c(cc4c3)C[C@H]([C@@H](OC)C(=O)[C@H](O)[C@H](C)O)[C@H](O[C@H]3C[C@@H](O[C@H]4C[C@@H](O[C@H]6C[C@](C)(O)[C@H](OC(C)=O)[C@@H](C)O6)[C@@H](O)[C@@H](C)O4)[C@@H](O)[C@@H](C)O3)C5=O)O[C@H](C)[C@@H]2OC(C)=O)O[C@@H]1C. The van der Waals surface area contributed by atoms with Crippen LogP contribution in [-0.2, 0) is 82.4 Å². The van der Waals surface area contributed by atoms with E-state index in [0.29, 0.717) is 0 Å². The van der Waals surface area contributed by atoms with Crippen LogP contribution < -0.4 is 4.74 Å². The summed E-state index contributed by atoms with van der Waals surface area (Å²) in [5, 5.41) is 89.5. The van der Waals surface area contributed by atoms with Gasteiger partial charge < -0.3 is 107 Å². The number of phenols is 2. The highest BCUT2D eigenvalue weighted by molar-refractivity contribution is 6.11. The number of aliphatic hydroxyl groups is 6. The van der Waals surface area contributed by atoms with Crippen LogP contribution >= 0.6 is 0 Å². The van der Waals surface area contributed by atoms with Gasteiger partial charge in [0.15, 0.2) is 48.9 Å². The second kappa shape index (κ2) is 26.1. The first-order valence-corrected chi connectivity index (χ1v) is 27.8. The lowest BCUT2D eigenvalue weighted by Crippen LogP contribution is -2.59. The van der Waals surface area contributed by atoms with Gasteiger partial charge in [-0.3, -0.25) is 19.2 Å². The number of ketones is 2. The zero-order valence-corrected chi connectivity index (χ0v) is 47.8. The molecule has 0 amide bonds. The fourth-order valence-electron chi connectivity index (χ4n) is 12.3. The summed E-state index contributed by atoms with van der Waals surface area (Å²) >= 11 is 0. The van der Waals surface area contributed by atoms with Crippen LogP contribution in [0.25, 0.3) is 10.8 Å². The minimum atomic E-state index is -1.96. The molecule has 6 aliphatic rings. The van der Waals surface area contributed by atoms with Crippen molar-refractivity contribution in [2.45, 2.75) is 248 Å². The molecule has 5 heterocycles. The summed E-state index contributed by atoms with van der Waals surface area (Å²) in [4.78, 5) is 53.0. The van der Waals surface area contributed by atoms with Gasteiger partial charge in [0.25, 0.3) is 0 Å². The Balaban J connectivity index is 1.02. The average Bonchev–Trinajstić information content (AvgIpc) is 1.48. The molecule has 0 unspecified atom stereocenters. The minimum absolute atomic E-state index is 0.0246. The van der Waals surface area contributed by atoms with Crippen LogP contribution in [0, 0.1) is 5.92 Å². The number of aromatic hydroxyl groups is 2. The van der Waals surface area contributed by atoms with Crippen molar-refractivity contribution in [3.63, 3.8) is 0 Å². The van der Waals surface area contributed by atoms with Crippen molar-refractivity contribution < 1.29 is 126 Å². The van der Waals surface area contributed by atoms with E-state index in [9.17, 15) is 55.2 Å².